The Morgan fingerprint density at radius 2 is 1.15 bits per heavy atom. The molecule has 392 valence electrons. The van der Waals surface area contributed by atoms with Crippen LogP contribution in [0.4, 0.5) is 27.9 Å². The van der Waals surface area contributed by atoms with Crippen LogP contribution in [-0.4, -0.2) is 123 Å². The standard InChI is InChI=1S/C29H36N8O.C27H33FN8O/c1-18(2)19(3)37-27-25(17-31-37)32-29(36-13-11-35(12-14-36)20(4)38)34-28(27)33-26(21-9-10-21)23-15-22-7-5-6-8-24(22)30-16-23;1-5-22(6-2)36-25-24(16-30-36)32-27(35-11-9-34(10-12-35)18(4)37)33-26(25)31-17(3)20-13-19-14-21(28)7-8-23(19)29-15-20/h5-8,15-19,21,26H,9-14H2,1-4H3,(H,32,33,34);7-8,13-17,22H,5-6,9-12H2,1-4H3,(H,31,32,33)/t19?,26-;17-/m11/s1. The summed E-state index contributed by atoms with van der Waals surface area (Å²) < 4.78 is 17.9. The Morgan fingerprint density at radius 1 is 0.613 bits per heavy atom. The smallest absolute Gasteiger partial charge is 0.228 e. The van der Waals surface area contributed by atoms with Crippen molar-refractivity contribution in [3.63, 3.8) is 0 Å². The van der Waals surface area contributed by atoms with Gasteiger partial charge < -0.3 is 30.2 Å². The maximum atomic E-state index is 13.8. The first kappa shape index (κ1) is 50.9. The molecule has 3 atom stereocenters. The van der Waals surface area contributed by atoms with Gasteiger partial charge >= 0.3 is 0 Å². The molecule has 8 heterocycles. The van der Waals surface area contributed by atoms with E-state index < -0.39 is 0 Å². The Morgan fingerprint density at radius 3 is 1.72 bits per heavy atom. The maximum Gasteiger partial charge on any atom is 0.228 e. The highest BCUT2D eigenvalue weighted by molar-refractivity contribution is 5.89. The lowest BCUT2D eigenvalue weighted by atomic mass is 10.0. The van der Waals surface area contributed by atoms with Gasteiger partial charge in [-0.25, -0.2) is 14.4 Å². The minimum atomic E-state index is -0.284. The summed E-state index contributed by atoms with van der Waals surface area (Å²) in [6.07, 6.45) is 11.7. The molecule has 0 radical (unpaired) electrons. The van der Waals surface area contributed by atoms with E-state index in [1.54, 1.807) is 26.1 Å². The largest absolute Gasteiger partial charge is 0.362 e. The quantitative estimate of drug-likeness (QED) is 0.105. The summed E-state index contributed by atoms with van der Waals surface area (Å²) in [5.41, 5.74) is 7.28. The monoisotopic (exact) mass is 1020 g/mol. The summed E-state index contributed by atoms with van der Waals surface area (Å²) in [6.45, 7) is 21.6. The van der Waals surface area contributed by atoms with Crippen LogP contribution in [-0.2, 0) is 9.59 Å². The number of halogens is 1. The summed E-state index contributed by atoms with van der Waals surface area (Å²) in [4.78, 5) is 60.8. The van der Waals surface area contributed by atoms with Crippen LogP contribution < -0.4 is 20.4 Å². The molecule has 2 amide bonds. The number of carbonyl (C=O) groups is 2. The predicted octanol–water partition coefficient (Wildman–Crippen LogP) is 9.54. The van der Waals surface area contributed by atoms with Gasteiger partial charge in [0, 0.05) is 89.4 Å². The van der Waals surface area contributed by atoms with Gasteiger partial charge in [0.2, 0.25) is 23.7 Å². The number of aromatic nitrogens is 10. The van der Waals surface area contributed by atoms with Gasteiger partial charge in [-0.05, 0) is 98.9 Å². The zero-order valence-electron chi connectivity index (χ0n) is 44.4. The molecule has 3 fully saturated rings. The summed E-state index contributed by atoms with van der Waals surface area (Å²) in [5, 5.41) is 18.8. The number of amides is 2. The van der Waals surface area contributed by atoms with Crippen molar-refractivity contribution in [1.82, 2.24) is 59.3 Å². The topological polar surface area (TPSA) is 184 Å². The molecule has 3 aliphatic rings. The highest BCUT2D eigenvalue weighted by Gasteiger charge is 2.35. The van der Waals surface area contributed by atoms with Crippen molar-refractivity contribution in [2.24, 2.45) is 11.8 Å². The van der Waals surface area contributed by atoms with Crippen LogP contribution >= 0.6 is 0 Å². The van der Waals surface area contributed by atoms with Crippen LogP contribution in [0.1, 0.15) is 116 Å². The molecular weight excluding hydrogens is 948 g/mol. The van der Waals surface area contributed by atoms with Crippen LogP contribution in [0.15, 0.2) is 79.4 Å². The average molecular weight is 1020 g/mol. The molecule has 2 aliphatic heterocycles. The predicted molar refractivity (Wildman–Crippen MR) is 293 cm³/mol. The Bertz CT molecular complexity index is 3330. The molecule has 6 aromatic heterocycles. The number of hydrogen-bond acceptors (Lipinski definition) is 14. The zero-order chi connectivity index (χ0) is 52.5. The number of nitrogens with one attached hydrogen (secondary N) is 2. The molecule has 19 heteroatoms. The van der Waals surface area contributed by atoms with E-state index in [1.165, 1.54) is 30.5 Å². The first-order chi connectivity index (χ1) is 36.3. The summed E-state index contributed by atoms with van der Waals surface area (Å²) >= 11 is 0. The van der Waals surface area contributed by atoms with Crippen molar-refractivity contribution in [3.8, 4) is 0 Å². The normalized spacial score (nSPS) is 16.5. The lowest BCUT2D eigenvalue weighted by molar-refractivity contribution is -0.129. The number of pyridine rings is 2. The molecule has 1 saturated carbocycles. The third kappa shape index (κ3) is 10.8. The van der Waals surface area contributed by atoms with E-state index in [-0.39, 0.29) is 41.8 Å². The Hall–Kier alpha value is -7.57. The van der Waals surface area contributed by atoms with Gasteiger partial charge in [-0.15, -0.1) is 0 Å². The summed E-state index contributed by atoms with van der Waals surface area (Å²) in [5.74, 6) is 3.68. The van der Waals surface area contributed by atoms with Gasteiger partial charge in [-0.3, -0.25) is 28.9 Å². The molecular formula is C56H69FN16O2. The van der Waals surface area contributed by atoms with Crippen molar-refractivity contribution in [1.29, 1.82) is 0 Å². The summed E-state index contributed by atoms with van der Waals surface area (Å²) in [7, 11) is 0. The highest BCUT2D eigenvalue weighted by Crippen LogP contribution is 2.44. The number of hydrogen-bond donors (Lipinski definition) is 2. The molecule has 2 saturated heterocycles. The van der Waals surface area contributed by atoms with Crippen molar-refractivity contribution < 1.29 is 14.0 Å². The van der Waals surface area contributed by atoms with Crippen molar-refractivity contribution >= 4 is 79.2 Å². The fraction of sp³-hybridized carbons (Fsp3) is 0.464. The van der Waals surface area contributed by atoms with Gasteiger partial charge in [-0.2, -0.15) is 20.2 Å². The Labute approximate surface area is 437 Å². The number of benzene rings is 2. The number of nitrogens with zero attached hydrogens (tertiary/aromatic N) is 14. The van der Waals surface area contributed by atoms with Gasteiger partial charge in [0.25, 0.3) is 0 Å². The van der Waals surface area contributed by atoms with Crippen LogP contribution in [0.5, 0.6) is 0 Å². The summed E-state index contributed by atoms with van der Waals surface area (Å²) in [6, 6.07) is 17.5. The SMILES string of the molecule is CC(=O)N1CCN(c2nc(N[C@@H](c3cnc4ccccc4c3)C3CC3)c3c(cnn3C(C)C(C)C)n2)CC1.CCC(CC)n1ncc2nc(N3CCN(C(C)=O)CC3)nc(N[C@H](C)c3cnc4ccc(F)cc4c3)c21. The van der Waals surface area contributed by atoms with Crippen molar-refractivity contribution in [2.45, 2.75) is 105 Å². The lowest BCUT2D eigenvalue weighted by Gasteiger charge is -2.34. The minimum Gasteiger partial charge on any atom is -0.362 e. The molecule has 18 nitrogen and oxygen atoms in total. The number of fused-ring (bicyclic) bond motifs is 4. The van der Waals surface area contributed by atoms with E-state index in [0.717, 1.165) is 68.1 Å². The van der Waals surface area contributed by atoms with Crippen molar-refractivity contribution in [2.75, 3.05) is 72.8 Å². The van der Waals surface area contributed by atoms with E-state index in [2.05, 4.69) is 89.0 Å². The molecule has 2 N–H and O–H groups in total. The lowest BCUT2D eigenvalue weighted by Crippen LogP contribution is -2.48. The second-order valence-corrected chi connectivity index (χ2v) is 20.7. The number of carbonyl (C=O) groups excluding carboxylic acids is 2. The molecule has 2 aromatic carbocycles. The Balaban J connectivity index is 0.000000171. The molecule has 8 aromatic rings. The number of rotatable bonds is 14. The van der Waals surface area contributed by atoms with Crippen LogP contribution in [0.2, 0.25) is 0 Å². The fourth-order valence-corrected chi connectivity index (χ4v) is 10.3. The van der Waals surface area contributed by atoms with E-state index in [4.69, 9.17) is 35.1 Å². The molecule has 75 heavy (non-hydrogen) atoms. The van der Waals surface area contributed by atoms with Crippen LogP contribution in [0, 0.1) is 17.7 Å². The minimum absolute atomic E-state index is 0.0857. The number of piperazine rings is 2. The van der Waals surface area contributed by atoms with Gasteiger partial charge in [0.05, 0.1) is 47.6 Å². The molecule has 11 rings (SSSR count). The zero-order valence-corrected chi connectivity index (χ0v) is 44.4. The third-order valence-corrected chi connectivity index (χ3v) is 15.4. The van der Waals surface area contributed by atoms with Crippen molar-refractivity contribution in [3.05, 3.63) is 96.3 Å². The van der Waals surface area contributed by atoms with Gasteiger partial charge in [-0.1, -0.05) is 45.9 Å². The second-order valence-electron chi connectivity index (χ2n) is 20.7. The maximum absolute atomic E-state index is 13.8. The molecule has 0 bridgehead atoms. The van der Waals surface area contributed by atoms with Gasteiger partial charge in [0.15, 0.2) is 11.6 Å². The molecule has 1 aliphatic carbocycles. The fourth-order valence-electron chi connectivity index (χ4n) is 10.3. The van der Waals surface area contributed by atoms with E-state index in [9.17, 15) is 14.0 Å². The van der Waals surface area contributed by atoms with E-state index >= 15 is 0 Å². The first-order valence-corrected chi connectivity index (χ1v) is 26.7. The first-order valence-electron chi connectivity index (χ1n) is 26.7. The Kier molecular flexibility index (Phi) is 14.8. The number of para-hydroxylation sites is 1. The van der Waals surface area contributed by atoms with Crippen LogP contribution in [0.3, 0.4) is 0 Å². The molecule has 0 spiro atoms. The van der Waals surface area contributed by atoms with Crippen LogP contribution in [0.25, 0.3) is 43.9 Å². The van der Waals surface area contributed by atoms with Gasteiger partial charge in [0.1, 0.15) is 27.9 Å². The van der Waals surface area contributed by atoms with E-state index in [0.29, 0.717) is 81.9 Å². The highest BCUT2D eigenvalue weighted by atomic mass is 19.1. The average Bonchev–Trinajstić information content (AvgIpc) is 4.05. The molecule has 1 unspecified atom stereocenters. The third-order valence-electron chi connectivity index (χ3n) is 15.4. The van der Waals surface area contributed by atoms with E-state index in [1.807, 2.05) is 52.1 Å². The second kappa shape index (κ2) is 21.7. The number of anilines is 4.